The Hall–Kier alpha value is -3.08. The molecule has 29 heavy (non-hydrogen) atoms. The predicted octanol–water partition coefficient (Wildman–Crippen LogP) is 5.11. The van der Waals surface area contributed by atoms with E-state index >= 15 is 0 Å². The summed E-state index contributed by atoms with van der Waals surface area (Å²) in [6.45, 7) is 8.20. The SMILES string of the molecule is CCC1(C)CC(=O)c2c(ccc3oc(C(=O)NCc4ccc(C)cc4)c(C)c23)O1. The fourth-order valence-corrected chi connectivity index (χ4v) is 3.80. The lowest BCUT2D eigenvalue weighted by Gasteiger charge is -2.34. The van der Waals surface area contributed by atoms with Crippen molar-refractivity contribution >= 4 is 22.7 Å². The molecule has 0 spiro atoms. The summed E-state index contributed by atoms with van der Waals surface area (Å²) in [6, 6.07) is 11.5. The Kier molecular flexibility index (Phi) is 4.69. The minimum Gasteiger partial charge on any atom is -0.486 e. The highest BCUT2D eigenvalue weighted by Gasteiger charge is 2.37. The molecular weight excluding hydrogens is 366 g/mol. The van der Waals surface area contributed by atoms with Crippen LogP contribution in [0.3, 0.4) is 0 Å². The summed E-state index contributed by atoms with van der Waals surface area (Å²) in [5.74, 6) is 0.526. The number of hydrogen-bond acceptors (Lipinski definition) is 4. The number of Topliss-reactive ketones (excluding diaryl/α,β-unsaturated/α-hetero) is 1. The van der Waals surface area contributed by atoms with Crippen LogP contribution >= 0.6 is 0 Å². The molecule has 1 aliphatic heterocycles. The lowest BCUT2D eigenvalue weighted by molar-refractivity contribution is 0.0503. The van der Waals surface area contributed by atoms with Crippen molar-refractivity contribution in [2.75, 3.05) is 0 Å². The van der Waals surface area contributed by atoms with Crippen LogP contribution in [-0.4, -0.2) is 17.3 Å². The van der Waals surface area contributed by atoms with Gasteiger partial charge in [-0.1, -0.05) is 36.8 Å². The normalized spacial score (nSPS) is 18.4. The highest BCUT2D eigenvalue weighted by atomic mass is 16.5. The van der Waals surface area contributed by atoms with Gasteiger partial charge < -0.3 is 14.5 Å². The minimum atomic E-state index is -0.496. The zero-order chi connectivity index (χ0) is 20.8. The fraction of sp³-hybridized carbons (Fsp3) is 0.333. The van der Waals surface area contributed by atoms with Crippen molar-refractivity contribution in [1.29, 1.82) is 0 Å². The fourth-order valence-electron chi connectivity index (χ4n) is 3.80. The molecule has 0 radical (unpaired) electrons. The molecule has 1 aromatic heterocycles. The summed E-state index contributed by atoms with van der Waals surface area (Å²) < 4.78 is 12.0. The van der Waals surface area contributed by atoms with Crippen LogP contribution in [0.4, 0.5) is 0 Å². The Bertz CT molecular complexity index is 1110. The average Bonchev–Trinajstić information content (AvgIpc) is 3.04. The van der Waals surface area contributed by atoms with E-state index in [1.165, 1.54) is 5.56 Å². The minimum absolute atomic E-state index is 0.0247. The van der Waals surface area contributed by atoms with Gasteiger partial charge in [-0.25, -0.2) is 0 Å². The molecule has 4 rings (SSSR count). The molecule has 1 aliphatic rings. The first-order chi connectivity index (χ1) is 13.8. The number of nitrogens with one attached hydrogen (secondary N) is 1. The zero-order valence-electron chi connectivity index (χ0n) is 17.2. The van der Waals surface area contributed by atoms with Gasteiger partial charge >= 0.3 is 0 Å². The van der Waals surface area contributed by atoms with Crippen LogP contribution in [0.25, 0.3) is 11.0 Å². The molecule has 0 saturated carbocycles. The number of hydrogen-bond donors (Lipinski definition) is 1. The van der Waals surface area contributed by atoms with E-state index in [1.807, 2.05) is 52.0 Å². The van der Waals surface area contributed by atoms with E-state index < -0.39 is 5.60 Å². The molecule has 1 unspecified atom stereocenters. The third-order valence-electron chi connectivity index (χ3n) is 5.75. The molecule has 5 heteroatoms. The van der Waals surface area contributed by atoms with Gasteiger partial charge in [0.2, 0.25) is 0 Å². The van der Waals surface area contributed by atoms with E-state index in [0.717, 1.165) is 12.0 Å². The highest BCUT2D eigenvalue weighted by molar-refractivity contribution is 6.13. The van der Waals surface area contributed by atoms with Crippen molar-refractivity contribution in [2.24, 2.45) is 0 Å². The van der Waals surface area contributed by atoms with Crippen LogP contribution in [0.2, 0.25) is 0 Å². The molecule has 3 aromatic rings. The van der Waals surface area contributed by atoms with E-state index in [-0.39, 0.29) is 17.5 Å². The van der Waals surface area contributed by atoms with Gasteiger partial charge in [-0.3, -0.25) is 9.59 Å². The molecule has 0 aliphatic carbocycles. The summed E-state index contributed by atoms with van der Waals surface area (Å²) in [6.07, 6.45) is 1.06. The predicted molar refractivity (Wildman–Crippen MR) is 112 cm³/mol. The summed E-state index contributed by atoms with van der Waals surface area (Å²) in [7, 11) is 0. The molecular formula is C24H25NO4. The van der Waals surface area contributed by atoms with E-state index in [0.29, 0.717) is 40.8 Å². The van der Waals surface area contributed by atoms with Crippen molar-refractivity contribution in [2.45, 2.75) is 52.7 Å². The standard InChI is InChI=1S/C24H25NO4/c1-5-24(4)12-17(26)21-19(29-24)11-10-18-20(21)15(3)22(28-18)23(27)25-13-16-8-6-14(2)7-9-16/h6-11H,5,12-13H2,1-4H3,(H,25,27). The number of carbonyl (C=O) groups is 2. The monoisotopic (exact) mass is 391 g/mol. The Morgan fingerprint density at radius 2 is 1.86 bits per heavy atom. The van der Waals surface area contributed by atoms with Crippen molar-refractivity contribution in [1.82, 2.24) is 5.32 Å². The summed E-state index contributed by atoms with van der Waals surface area (Å²) in [4.78, 5) is 25.7. The van der Waals surface area contributed by atoms with Crippen molar-refractivity contribution < 1.29 is 18.7 Å². The van der Waals surface area contributed by atoms with Crippen molar-refractivity contribution in [3.8, 4) is 5.75 Å². The first-order valence-electron chi connectivity index (χ1n) is 9.93. The first kappa shape index (κ1) is 19.2. The highest BCUT2D eigenvalue weighted by Crippen LogP contribution is 2.41. The number of carbonyl (C=O) groups excluding carboxylic acids is 2. The summed E-state index contributed by atoms with van der Waals surface area (Å²) in [5.41, 5.74) is 3.40. The molecule has 150 valence electrons. The van der Waals surface area contributed by atoms with Crippen LogP contribution in [-0.2, 0) is 6.54 Å². The Morgan fingerprint density at radius 1 is 1.14 bits per heavy atom. The largest absolute Gasteiger partial charge is 0.486 e. The maximum absolute atomic E-state index is 12.9. The van der Waals surface area contributed by atoms with Crippen LogP contribution in [0.15, 0.2) is 40.8 Å². The second kappa shape index (κ2) is 7.07. The van der Waals surface area contributed by atoms with Crippen molar-refractivity contribution in [3.05, 3.63) is 64.4 Å². The molecule has 0 saturated heterocycles. The van der Waals surface area contributed by atoms with Gasteiger partial charge in [-0.15, -0.1) is 0 Å². The van der Waals surface area contributed by atoms with E-state index in [1.54, 1.807) is 12.1 Å². The van der Waals surface area contributed by atoms with Gasteiger partial charge in [0.25, 0.3) is 5.91 Å². The topological polar surface area (TPSA) is 68.5 Å². The Labute approximate surface area is 170 Å². The van der Waals surface area contributed by atoms with E-state index in [4.69, 9.17) is 9.15 Å². The molecule has 1 amide bonds. The Balaban J connectivity index is 1.66. The zero-order valence-corrected chi connectivity index (χ0v) is 17.2. The number of ether oxygens (including phenoxy) is 1. The van der Waals surface area contributed by atoms with E-state index in [9.17, 15) is 9.59 Å². The summed E-state index contributed by atoms with van der Waals surface area (Å²) in [5, 5.41) is 3.57. The molecule has 2 aromatic carbocycles. The van der Waals surface area contributed by atoms with Gasteiger partial charge in [-0.05, 0) is 44.9 Å². The Morgan fingerprint density at radius 3 is 2.55 bits per heavy atom. The van der Waals surface area contributed by atoms with Crippen LogP contribution in [0.5, 0.6) is 5.75 Å². The van der Waals surface area contributed by atoms with Crippen LogP contribution in [0, 0.1) is 13.8 Å². The number of benzene rings is 2. The number of furan rings is 1. The second-order valence-electron chi connectivity index (χ2n) is 8.04. The summed E-state index contributed by atoms with van der Waals surface area (Å²) >= 11 is 0. The van der Waals surface area contributed by atoms with Gasteiger partial charge in [0.1, 0.15) is 16.9 Å². The third kappa shape index (κ3) is 3.41. The first-order valence-corrected chi connectivity index (χ1v) is 9.93. The van der Waals surface area contributed by atoms with Gasteiger partial charge in [-0.2, -0.15) is 0 Å². The number of aryl methyl sites for hydroxylation is 2. The molecule has 0 fully saturated rings. The van der Waals surface area contributed by atoms with E-state index in [2.05, 4.69) is 5.32 Å². The molecule has 1 atom stereocenters. The maximum atomic E-state index is 12.9. The van der Waals surface area contributed by atoms with Gasteiger partial charge in [0, 0.05) is 17.5 Å². The van der Waals surface area contributed by atoms with Gasteiger partial charge in [0.05, 0.1) is 12.0 Å². The number of fused-ring (bicyclic) bond motifs is 3. The molecule has 0 bridgehead atoms. The lowest BCUT2D eigenvalue weighted by Crippen LogP contribution is -2.38. The average molecular weight is 391 g/mol. The van der Waals surface area contributed by atoms with Crippen LogP contribution in [0.1, 0.15) is 64.3 Å². The maximum Gasteiger partial charge on any atom is 0.287 e. The number of amides is 1. The molecule has 5 nitrogen and oxygen atoms in total. The van der Waals surface area contributed by atoms with Gasteiger partial charge in [0.15, 0.2) is 11.5 Å². The second-order valence-corrected chi connectivity index (χ2v) is 8.04. The smallest absolute Gasteiger partial charge is 0.287 e. The lowest BCUT2D eigenvalue weighted by atomic mass is 9.87. The molecule has 2 heterocycles. The number of rotatable bonds is 4. The van der Waals surface area contributed by atoms with Crippen LogP contribution < -0.4 is 10.1 Å². The molecule has 1 N–H and O–H groups in total. The third-order valence-corrected chi connectivity index (χ3v) is 5.75. The number of ketones is 1. The quantitative estimate of drug-likeness (QED) is 0.671. The van der Waals surface area contributed by atoms with Crippen molar-refractivity contribution in [3.63, 3.8) is 0 Å².